The van der Waals surface area contributed by atoms with E-state index in [0.717, 1.165) is 22.4 Å². The van der Waals surface area contributed by atoms with Crippen molar-refractivity contribution in [1.29, 1.82) is 0 Å². The van der Waals surface area contributed by atoms with Crippen molar-refractivity contribution in [3.8, 4) is 17.3 Å². The number of aromatic nitrogens is 2. The van der Waals surface area contributed by atoms with Gasteiger partial charge < -0.3 is 34.0 Å². The second-order valence-electron chi connectivity index (χ2n) is 14.0. The molecule has 1 spiro atoms. The lowest BCUT2D eigenvalue weighted by Crippen LogP contribution is -2.41. The second kappa shape index (κ2) is 12.2. The predicted molar refractivity (Wildman–Crippen MR) is 177 cm³/mol. The van der Waals surface area contributed by atoms with E-state index in [4.69, 9.17) is 23.3 Å². The van der Waals surface area contributed by atoms with Crippen LogP contribution in [-0.4, -0.2) is 51.2 Å². The van der Waals surface area contributed by atoms with Gasteiger partial charge in [-0.15, -0.1) is 0 Å². The summed E-state index contributed by atoms with van der Waals surface area (Å²) in [7, 11) is 0. The predicted octanol–water partition coefficient (Wildman–Crippen LogP) is 5.33. The number of aliphatic hydroxyl groups is 1. The zero-order chi connectivity index (χ0) is 34.8. The van der Waals surface area contributed by atoms with Gasteiger partial charge in [0, 0.05) is 23.6 Å². The van der Waals surface area contributed by atoms with Gasteiger partial charge in [-0.2, -0.15) is 0 Å². The first kappa shape index (κ1) is 32.6. The van der Waals surface area contributed by atoms with Crippen molar-refractivity contribution in [2.75, 3.05) is 5.32 Å². The van der Waals surface area contributed by atoms with Crippen LogP contribution in [0.15, 0.2) is 57.6 Å². The summed E-state index contributed by atoms with van der Waals surface area (Å²) in [6.45, 7) is 10.9. The highest BCUT2D eigenvalue weighted by Crippen LogP contribution is 2.59. The Kier molecular flexibility index (Phi) is 8.09. The van der Waals surface area contributed by atoms with Gasteiger partial charge in [-0.1, -0.05) is 58.0 Å². The molecule has 5 heterocycles. The van der Waals surface area contributed by atoms with Gasteiger partial charge in [-0.3, -0.25) is 9.59 Å². The molecule has 0 fully saturated rings. The number of fused-ring (bicyclic) bond motifs is 4. The van der Waals surface area contributed by atoms with Gasteiger partial charge in [-0.05, 0) is 55.4 Å². The van der Waals surface area contributed by atoms with E-state index in [2.05, 4.69) is 15.6 Å². The molecule has 12 heteroatoms. The second-order valence-corrected chi connectivity index (χ2v) is 14.0. The number of benzene rings is 2. The SMILES string of the molecule is CC(C)OC(=O)c1coc(-c2nc3oc2C24c5ccccc5N[C@H]2Oc2ccc(cc24)C[C@H](CC(=O)[C@@H](O)C(C)C)C(=O)N[C@H]3C(C)C)n1. The highest BCUT2D eigenvalue weighted by molar-refractivity contribution is 5.90. The molecule has 2 aromatic carbocycles. The molecule has 3 aliphatic rings. The quantitative estimate of drug-likeness (QED) is 0.208. The summed E-state index contributed by atoms with van der Waals surface area (Å²) in [6.07, 6.45) is -0.861. The normalized spacial score (nSPS) is 22.8. The van der Waals surface area contributed by atoms with Crippen LogP contribution < -0.4 is 15.4 Å². The molecule has 1 unspecified atom stereocenters. The van der Waals surface area contributed by atoms with Crippen LogP contribution in [0.2, 0.25) is 0 Å². The van der Waals surface area contributed by atoms with Gasteiger partial charge in [0.2, 0.25) is 17.7 Å². The average Bonchev–Trinajstić information content (AvgIpc) is 3.83. The van der Waals surface area contributed by atoms with E-state index in [1.807, 2.05) is 56.3 Å². The molecule has 256 valence electrons. The standard InChI is InChI=1S/C37H40N4O8/c1-17(2)28-34-41-29(33-38-25(16-46-33)35(45)47-19(5)6)31(49-34)37-22-9-7-8-10-24(22)39-36(37)48-27-12-11-20(14-23(27)37)13-21(32(44)40-28)15-26(42)30(43)18(3)4/h7-12,14,16-19,21,28,30,36,39,43H,13,15H2,1-6H3,(H,40,44)/t21-,28+,30+,36+,37?/m1/s1. The number of carbonyl (C=O) groups excluding carboxylic acids is 3. The molecule has 3 N–H and O–H groups in total. The topological polar surface area (TPSA) is 166 Å². The third-order valence-electron chi connectivity index (χ3n) is 9.50. The van der Waals surface area contributed by atoms with Crippen LogP contribution in [0, 0.1) is 17.8 Å². The number of esters is 1. The lowest BCUT2D eigenvalue weighted by atomic mass is 9.72. The van der Waals surface area contributed by atoms with E-state index >= 15 is 0 Å². The molecule has 7 rings (SSSR count). The molecule has 3 aliphatic heterocycles. The van der Waals surface area contributed by atoms with E-state index in [0.29, 0.717) is 11.5 Å². The summed E-state index contributed by atoms with van der Waals surface area (Å²) in [6, 6.07) is 12.9. The summed E-state index contributed by atoms with van der Waals surface area (Å²) in [5.41, 5.74) is 2.43. The first-order valence-electron chi connectivity index (χ1n) is 16.7. The number of rotatable bonds is 8. The zero-order valence-electron chi connectivity index (χ0n) is 28.3. The Morgan fingerprint density at radius 1 is 1.04 bits per heavy atom. The van der Waals surface area contributed by atoms with Crippen LogP contribution in [-0.2, 0) is 26.2 Å². The number of hydrogen-bond acceptors (Lipinski definition) is 11. The maximum absolute atomic E-state index is 14.1. The number of Topliss-reactive ketones (excluding diaryl/α,β-unsaturated/α-hetero) is 1. The number of nitrogens with one attached hydrogen (secondary N) is 2. The molecule has 0 saturated carbocycles. The monoisotopic (exact) mass is 668 g/mol. The van der Waals surface area contributed by atoms with Gasteiger partial charge in [0.15, 0.2) is 29.2 Å². The first-order chi connectivity index (χ1) is 23.4. The van der Waals surface area contributed by atoms with E-state index in [1.54, 1.807) is 27.7 Å². The largest absolute Gasteiger partial charge is 0.469 e. The van der Waals surface area contributed by atoms with E-state index in [1.165, 1.54) is 6.26 Å². The maximum Gasteiger partial charge on any atom is 0.360 e. The number of ketones is 1. The van der Waals surface area contributed by atoms with Crippen molar-refractivity contribution < 1.29 is 37.8 Å². The number of aliphatic hydroxyl groups excluding tert-OH is 1. The van der Waals surface area contributed by atoms with E-state index in [9.17, 15) is 19.5 Å². The molecular formula is C37H40N4O8. The Bertz CT molecular complexity index is 1940. The fraction of sp³-hybridized carbons (Fsp3) is 0.432. The van der Waals surface area contributed by atoms with Crippen molar-refractivity contribution >= 4 is 23.3 Å². The van der Waals surface area contributed by atoms with Crippen LogP contribution in [0.4, 0.5) is 5.69 Å². The fourth-order valence-corrected chi connectivity index (χ4v) is 7.05. The Morgan fingerprint density at radius 3 is 2.55 bits per heavy atom. The van der Waals surface area contributed by atoms with Gasteiger partial charge in [-0.25, -0.2) is 14.8 Å². The lowest BCUT2D eigenvalue weighted by Gasteiger charge is -2.28. The first-order valence-corrected chi connectivity index (χ1v) is 16.7. The van der Waals surface area contributed by atoms with Crippen LogP contribution in [0.5, 0.6) is 5.75 Å². The molecular weight excluding hydrogens is 628 g/mol. The number of ether oxygens (including phenoxy) is 2. The van der Waals surface area contributed by atoms with Crippen molar-refractivity contribution in [3.63, 3.8) is 0 Å². The minimum atomic E-state index is -1.19. The van der Waals surface area contributed by atoms with E-state index in [-0.39, 0.29) is 59.9 Å². The third-order valence-corrected chi connectivity index (χ3v) is 9.50. The van der Waals surface area contributed by atoms with Crippen LogP contribution >= 0.6 is 0 Å². The Labute approximate surface area is 283 Å². The molecule has 12 nitrogen and oxygen atoms in total. The van der Waals surface area contributed by atoms with Gasteiger partial charge in [0.1, 0.15) is 29.6 Å². The Balaban J connectivity index is 1.46. The highest BCUT2D eigenvalue weighted by Gasteiger charge is 2.61. The van der Waals surface area contributed by atoms with Crippen LogP contribution in [0.25, 0.3) is 11.6 Å². The van der Waals surface area contributed by atoms with Crippen molar-refractivity contribution in [1.82, 2.24) is 15.3 Å². The molecule has 4 aromatic rings. The number of anilines is 1. The summed E-state index contributed by atoms with van der Waals surface area (Å²) < 4.78 is 24.7. The highest BCUT2D eigenvalue weighted by atomic mass is 16.5. The summed E-state index contributed by atoms with van der Waals surface area (Å²) >= 11 is 0. The van der Waals surface area contributed by atoms with Gasteiger partial charge >= 0.3 is 5.97 Å². The Morgan fingerprint density at radius 2 is 1.82 bits per heavy atom. The third kappa shape index (κ3) is 5.38. The minimum Gasteiger partial charge on any atom is -0.469 e. The summed E-state index contributed by atoms with van der Waals surface area (Å²) in [5, 5.41) is 17.2. The fourth-order valence-electron chi connectivity index (χ4n) is 7.05. The number of para-hydroxylation sites is 1. The molecule has 49 heavy (non-hydrogen) atoms. The summed E-state index contributed by atoms with van der Waals surface area (Å²) in [5.74, 6) is -1.44. The molecule has 4 bridgehead atoms. The molecule has 0 radical (unpaired) electrons. The maximum atomic E-state index is 14.1. The lowest BCUT2D eigenvalue weighted by molar-refractivity contribution is -0.135. The van der Waals surface area contributed by atoms with Crippen molar-refractivity contribution in [2.24, 2.45) is 17.8 Å². The molecule has 5 atom stereocenters. The average molecular weight is 669 g/mol. The summed E-state index contributed by atoms with van der Waals surface area (Å²) in [4.78, 5) is 49.5. The number of nitrogens with zero attached hydrogens (tertiary/aromatic N) is 2. The molecule has 1 amide bonds. The molecule has 2 aromatic heterocycles. The van der Waals surface area contributed by atoms with Crippen LogP contribution in [0.1, 0.15) is 92.8 Å². The van der Waals surface area contributed by atoms with E-state index < -0.39 is 41.5 Å². The van der Waals surface area contributed by atoms with Crippen molar-refractivity contribution in [2.45, 2.75) is 84.3 Å². The van der Waals surface area contributed by atoms with Crippen LogP contribution in [0.3, 0.4) is 0 Å². The number of amides is 1. The smallest absolute Gasteiger partial charge is 0.360 e. The zero-order valence-corrected chi connectivity index (χ0v) is 28.3. The number of oxazole rings is 2. The Hall–Kier alpha value is -4.97. The molecule has 0 saturated heterocycles. The van der Waals surface area contributed by atoms with Gasteiger partial charge in [0.25, 0.3) is 0 Å². The molecule has 0 aliphatic carbocycles. The number of hydrogen-bond donors (Lipinski definition) is 3. The van der Waals surface area contributed by atoms with Crippen molar-refractivity contribution in [3.05, 3.63) is 82.8 Å². The number of carbonyl (C=O) groups is 3. The van der Waals surface area contributed by atoms with Gasteiger partial charge in [0.05, 0.1) is 6.10 Å². The minimum absolute atomic E-state index is 0.0220.